The van der Waals surface area contributed by atoms with Gasteiger partial charge in [0, 0.05) is 38.7 Å². The van der Waals surface area contributed by atoms with Crippen LogP contribution in [0.4, 0.5) is 17.1 Å². The maximum absolute atomic E-state index is 6.90. The number of para-hydroxylation sites is 1. The first-order valence-electron chi connectivity index (χ1n) is 19.1. The van der Waals surface area contributed by atoms with Crippen LogP contribution < -0.4 is 4.90 Å². The molecule has 1 aliphatic carbocycles. The van der Waals surface area contributed by atoms with Crippen LogP contribution in [0.5, 0.6) is 0 Å². The monoisotopic (exact) mass is 703 g/mol. The zero-order valence-electron chi connectivity index (χ0n) is 30.8. The van der Waals surface area contributed by atoms with Gasteiger partial charge < -0.3 is 9.32 Å². The Balaban J connectivity index is 1.16. The predicted octanol–water partition coefficient (Wildman–Crippen LogP) is 15.0. The van der Waals surface area contributed by atoms with Gasteiger partial charge in [0.25, 0.3) is 0 Å². The molecule has 1 heterocycles. The van der Waals surface area contributed by atoms with E-state index in [4.69, 9.17) is 4.42 Å². The second-order valence-electron chi connectivity index (χ2n) is 15.3. The fraction of sp³-hybridized carbons (Fsp3) is 0.0566. The van der Waals surface area contributed by atoms with Gasteiger partial charge in [0.15, 0.2) is 0 Å². The van der Waals surface area contributed by atoms with E-state index in [0.29, 0.717) is 0 Å². The third-order valence-electron chi connectivity index (χ3n) is 11.8. The number of furan rings is 1. The maximum Gasteiger partial charge on any atom is 0.143 e. The van der Waals surface area contributed by atoms with Crippen molar-refractivity contribution in [3.8, 4) is 33.4 Å². The molecule has 2 nitrogen and oxygen atoms in total. The van der Waals surface area contributed by atoms with E-state index in [1.54, 1.807) is 0 Å². The van der Waals surface area contributed by atoms with Crippen LogP contribution in [0.25, 0.3) is 76.9 Å². The van der Waals surface area contributed by atoms with Crippen LogP contribution in [0.1, 0.15) is 25.0 Å². The van der Waals surface area contributed by atoms with Crippen molar-refractivity contribution in [2.45, 2.75) is 19.3 Å². The van der Waals surface area contributed by atoms with Gasteiger partial charge >= 0.3 is 0 Å². The highest BCUT2D eigenvalue weighted by Crippen LogP contribution is 2.52. The molecule has 55 heavy (non-hydrogen) atoms. The van der Waals surface area contributed by atoms with E-state index < -0.39 is 0 Å². The number of anilines is 3. The molecule has 0 saturated heterocycles. The van der Waals surface area contributed by atoms with Gasteiger partial charge in [0.05, 0.1) is 5.69 Å². The van der Waals surface area contributed by atoms with Crippen LogP contribution in [0, 0.1) is 0 Å². The summed E-state index contributed by atoms with van der Waals surface area (Å²) in [6, 6.07) is 68.4. The van der Waals surface area contributed by atoms with Gasteiger partial charge in [-0.2, -0.15) is 0 Å². The number of hydrogen-bond donors (Lipinski definition) is 0. The topological polar surface area (TPSA) is 16.4 Å². The fourth-order valence-corrected chi connectivity index (χ4v) is 9.12. The Bertz CT molecular complexity index is 3130. The minimum Gasteiger partial charge on any atom is -0.455 e. The van der Waals surface area contributed by atoms with E-state index in [-0.39, 0.29) is 5.41 Å². The van der Waals surface area contributed by atoms with Crippen molar-refractivity contribution in [2.75, 3.05) is 4.90 Å². The summed E-state index contributed by atoms with van der Waals surface area (Å²) in [6.45, 7) is 4.70. The molecule has 260 valence electrons. The molecule has 10 aromatic rings. The lowest BCUT2D eigenvalue weighted by molar-refractivity contribution is 0.660. The van der Waals surface area contributed by atoms with E-state index in [9.17, 15) is 0 Å². The highest BCUT2D eigenvalue weighted by molar-refractivity contribution is 6.19. The minimum atomic E-state index is -0.127. The molecule has 1 aliphatic rings. The number of rotatable bonds is 5. The fourth-order valence-electron chi connectivity index (χ4n) is 9.12. The van der Waals surface area contributed by atoms with Crippen LogP contribution >= 0.6 is 0 Å². The molecule has 0 bridgehead atoms. The van der Waals surface area contributed by atoms with Crippen molar-refractivity contribution < 1.29 is 4.42 Å². The Hall–Kier alpha value is -6.90. The average molecular weight is 704 g/mol. The van der Waals surface area contributed by atoms with Crippen molar-refractivity contribution in [1.82, 2.24) is 0 Å². The average Bonchev–Trinajstić information content (AvgIpc) is 3.71. The largest absolute Gasteiger partial charge is 0.455 e. The molecule has 0 N–H and O–H groups in total. The van der Waals surface area contributed by atoms with Crippen LogP contribution in [0.3, 0.4) is 0 Å². The number of benzene rings is 9. The van der Waals surface area contributed by atoms with Crippen LogP contribution in [-0.4, -0.2) is 0 Å². The van der Waals surface area contributed by atoms with Gasteiger partial charge in [0.2, 0.25) is 0 Å². The second-order valence-corrected chi connectivity index (χ2v) is 15.3. The summed E-state index contributed by atoms with van der Waals surface area (Å²) < 4.78 is 6.90. The zero-order chi connectivity index (χ0) is 36.7. The molecule has 0 aliphatic heterocycles. The van der Waals surface area contributed by atoms with Crippen molar-refractivity contribution in [2.24, 2.45) is 0 Å². The van der Waals surface area contributed by atoms with Gasteiger partial charge in [-0.15, -0.1) is 0 Å². The Kier molecular flexibility index (Phi) is 6.93. The second kappa shape index (κ2) is 12.1. The first-order valence-corrected chi connectivity index (χ1v) is 19.1. The molecule has 0 unspecified atom stereocenters. The standard InChI is InChI=1S/C53H37NO/c1-53(2)47-22-12-10-21-43(47)44-28-26-40(33-48(44)53)54(49-23-13-11-19-41(49)35-15-4-3-5-16-35)39-27-29-50-45(32-39)46-31-37-18-8-9-20-42(37)51(52(46)55-50)38-25-24-34-14-6-7-17-36(34)30-38/h3-33H,1-2H3. The zero-order valence-corrected chi connectivity index (χ0v) is 30.8. The Morgan fingerprint density at radius 1 is 0.418 bits per heavy atom. The van der Waals surface area contributed by atoms with Crippen LogP contribution in [0.15, 0.2) is 192 Å². The smallest absolute Gasteiger partial charge is 0.143 e. The molecule has 9 aromatic carbocycles. The molecule has 2 heteroatoms. The van der Waals surface area contributed by atoms with Crippen LogP contribution in [0.2, 0.25) is 0 Å². The summed E-state index contributed by atoms with van der Waals surface area (Å²) >= 11 is 0. The summed E-state index contributed by atoms with van der Waals surface area (Å²) in [4.78, 5) is 2.44. The lowest BCUT2D eigenvalue weighted by Gasteiger charge is -2.30. The van der Waals surface area contributed by atoms with E-state index in [2.05, 4.69) is 207 Å². The van der Waals surface area contributed by atoms with E-state index >= 15 is 0 Å². The van der Waals surface area contributed by atoms with Crippen molar-refractivity contribution in [3.63, 3.8) is 0 Å². The summed E-state index contributed by atoms with van der Waals surface area (Å²) in [5.41, 5.74) is 15.0. The van der Waals surface area contributed by atoms with Gasteiger partial charge in [-0.1, -0.05) is 153 Å². The van der Waals surface area contributed by atoms with Gasteiger partial charge in [-0.25, -0.2) is 0 Å². The van der Waals surface area contributed by atoms with Crippen molar-refractivity contribution in [3.05, 3.63) is 199 Å². The molecular formula is C53H37NO. The Morgan fingerprint density at radius 2 is 1.09 bits per heavy atom. The molecule has 0 saturated carbocycles. The number of nitrogens with zero attached hydrogens (tertiary/aromatic N) is 1. The third kappa shape index (κ3) is 4.88. The highest BCUT2D eigenvalue weighted by atomic mass is 16.3. The predicted molar refractivity (Wildman–Crippen MR) is 232 cm³/mol. The molecule has 0 atom stereocenters. The SMILES string of the molecule is CC1(C)c2ccccc2-c2ccc(N(c3ccc4oc5c(-c6ccc7ccccc7c6)c6ccccc6cc5c4c3)c3ccccc3-c3ccccc3)cc21. The summed E-state index contributed by atoms with van der Waals surface area (Å²) in [6.07, 6.45) is 0. The third-order valence-corrected chi connectivity index (χ3v) is 11.8. The van der Waals surface area contributed by atoms with Crippen LogP contribution in [-0.2, 0) is 5.41 Å². The normalized spacial score (nSPS) is 13.1. The van der Waals surface area contributed by atoms with E-state index in [0.717, 1.165) is 50.1 Å². The number of fused-ring (bicyclic) bond motifs is 8. The lowest BCUT2D eigenvalue weighted by Crippen LogP contribution is -2.16. The maximum atomic E-state index is 6.90. The van der Waals surface area contributed by atoms with Gasteiger partial charge in [-0.3, -0.25) is 0 Å². The summed E-state index contributed by atoms with van der Waals surface area (Å²) in [5, 5.41) is 7.03. The molecule has 0 radical (unpaired) electrons. The molecule has 1 aromatic heterocycles. The first-order chi connectivity index (χ1) is 27.0. The van der Waals surface area contributed by atoms with Crippen molar-refractivity contribution >= 4 is 60.5 Å². The Morgan fingerprint density at radius 3 is 1.96 bits per heavy atom. The van der Waals surface area contributed by atoms with Crippen molar-refractivity contribution in [1.29, 1.82) is 0 Å². The summed E-state index contributed by atoms with van der Waals surface area (Å²) in [5.74, 6) is 0. The minimum absolute atomic E-state index is 0.127. The quantitative estimate of drug-likeness (QED) is 0.177. The highest BCUT2D eigenvalue weighted by Gasteiger charge is 2.36. The molecule has 0 amide bonds. The first kappa shape index (κ1) is 31.6. The summed E-state index contributed by atoms with van der Waals surface area (Å²) in [7, 11) is 0. The molecule has 11 rings (SSSR count). The Labute approximate surface area is 320 Å². The number of hydrogen-bond acceptors (Lipinski definition) is 2. The molecular weight excluding hydrogens is 667 g/mol. The van der Waals surface area contributed by atoms with Gasteiger partial charge in [-0.05, 0) is 103 Å². The van der Waals surface area contributed by atoms with E-state index in [1.165, 1.54) is 54.9 Å². The van der Waals surface area contributed by atoms with E-state index in [1.807, 2.05) is 0 Å². The lowest BCUT2D eigenvalue weighted by atomic mass is 9.82. The molecule has 0 fully saturated rings. The molecule has 0 spiro atoms. The van der Waals surface area contributed by atoms with Gasteiger partial charge in [0.1, 0.15) is 11.2 Å².